The van der Waals surface area contributed by atoms with Crippen molar-refractivity contribution in [3.8, 4) is 11.5 Å². The number of hydrazone groups is 1. The van der Waals surface area contributed by atoms with Crippen molar-refractivity contribution in [2.75, 3.05) is 13.7 Å². The molecule has 2 N–H and O–H groups in total. The number of amides is 2. The molecule has 11 heteroatoms. The van der Waals surface area contributed by atoms with Crippen molar-refractivity contribution >= 4 is 24.0 Å². The lowest BCUT2D eigenvalue weighted by molar-refractivity contribution is -0.139. The van der Waals surface area contributed by atoms with Gasteiger partial charge in [0.15, 0.2) is 11.5 Å². The predicted molar refractivity (Wildman–Crippen MR) is 118 cm³/mol. The van der Waals surface area contributed by atoms with Gasteiger partial charge in [-0.15, -0.1) is 0 Å². The monoisotopic (exact) mass is 469 g/mol. The van der Waals surface area contributed by atoms with E-state index >= 15 is 0 Å². The Kier molecular flexibility index (Phi) is 8.44. The van der Waals surface area contributed by atoms with Gasteiger partial charge in [0.2, 0.25) is 5.76 Å². The van der Waals surface area contributed by atoms with Gasteiger partial charge in [0.25, 0.3) is 0 Å². The Labute approximate surface area is 194 Å². The molecule has 2 amide bonds. The number of nitrogens with one attached hydrogen (secondary N) is 2. The Morgan fingerprint density at radius 1 is 1.03 bits per heavy atom. The quantitative estimate of drug-likeness (QED) is 0.200. The smallest absolute Gasteiger partial charge is 0.373 e. The minimum absolute atomic E-state index is 0.0632. The minimum atomic E-state index is -0.919. The topological polar surface area (TPSA) is 142 Å². The molecule has 0 aliphatic rings. The largest absolute Gasteiger partial charge is 0.490 e. The number of ether oxygens (including phenoxy) is 3. The van der Waals surface area contributed by atoms with E-state index in [1.807, 2.05) is 6.92 Å². The van der Waals surface area contributed by atoms with E-state index in [4.69, 9.17) is 18.3 Å². The van der Waals surface area contributed by atoms with E-state index in [2.05, 4.69) is 20.6 Å². The van der Waals surface area contributed by atoms with Gasteiger partial charge in [-0.3, -0.25) is 9.59 Å². The van der Waals surface area contributed by atoms with Crippen LogP contribution in [0.15, 0.2) is 62.7 Å². The molecule has 11 nitrogen and oxygen atoms in total. The summed E-state index contributed by atoms with van der Waals surface area (Å²) < 4.78 is 26.4. The van der Waals surface area contributed by atoms with E-state index in [9.17, 15) is 14.4 Å². The first kappa shape index (κ1) is 24.1. The van der Waals surface area contributed by atoms with E-state index in [0.717, 1.165) is 0 Å². The highest BCUT2D eigenvalue weighted by Crippen LogP contribution is 2.29. The summed E-state index contributed by atoms with van der Waals surface area (Å²) in [5.41, 5.74) is 2.75. The fraction of sp³-hybridized carbons (Fsp3) is 0.217. The van der Waals surface area contributed by atoms with Crippen molar-refractivity contribution in [2.24, 2.45) is 5.10 Å². The Morgan fingerprint density at radius 2 is 1.88 bits per heavy atom. The number of benzene rings is 1. The molecule has 0 spiro atoms. The lowest BCUT2D eigenvalue weighted by Gasteiger charge is -2.11. The van der Waals surface area contributed by atoms with Crippen LogP contribution in [0, 0.1) is 0 Å². The number of nitrogens with zero attached hydrogens (tertiary/aromatic N) is 1. The molecule has 3 aromatic rings. The first-order valence-corrected chi connectivity index (χ1v) is 10.2. The molecule has 0 aliphatic heterocycles. The Bertz CT molecular complexity index is 1150. The first-order valence-electron chi connectivity index (χ1n) is 10.2. The van der Waals surface area contributed by atoms with Gasteiger partial charge in [0.05, 0.1) is 32.7 Å². The molecule has 0 atom stereocenters. The van der Waals surface area contributed by atoms with Crippen LogP contribution in [0.5, 0.6) is 11.5 Å². The molecule has 178 valence electrons. The molecule has 0 unspecified atom stereocenters. The molecule has 0 saturated carbocycles. The van der Waals surface area contributed by atoms with Gasteiger partial charge >= 0.3 is 17.8 Å². The maximum atomic E-state index is 11.8. The minimum Gasteiger partial charge on any atom is -0.490 e. The number of carbonyl (C=O) groups excluding carboxylic acids is 3. The molecule has 0 fully saturated rings. The van der Waals surface area contributed by atoms with Crippen molar-refractivity contribution < 1.29 is 37.4 Å². The molecule has 2 aromatic heterocycles. The van der Waals surface area contributed by atoms with Gasteiger partial charge in [0, 0.05) is 0 Å². The summed E-state index contributed by atoms with van der Waals surface area (Å²) in [6.45, 7) is 2.36. The van der Waals surface area contributed by atoms with E-state index < -0.39 is 17.8 Å². The summed E-state index contributed by atoms with van der Waals surface area (Å²) in [7, 11) is 1.27. The molecule has 0 radical (unpaired) electrons. The number of esters is 1. The van der Waals surface area contributed by atoms with Crippen molar-refractivity contribution in [1.29, 1.82) is 0 Å². The summed E-state index contributed by atoms with van der Waals surface area (Å²) in [6, 6.07) is 11.5. The molecule has 0 saturated heterocycles. The van der Waals surface area contributed by atoms with Crippen molar-refractivity contribution in [1.82, 2.24) is 10.7 Å². The van der Waals surface area contributed by atoms with Crippen molar-refractivity contribution in [3.05, 3.63) is 71.6 Å². The molecule has 34 heavy (non-hydrogen) atoms. The van der Waals surface area contributed by atoms with Gasteiger partial charge < -0.3 is 28.4 Å². The SMILES string of the molecule is CCOc1cc(/C=N/NC(=O)C(=O)NCc2ccco2)ccc1OCc1ccc(C(=O)OC)o1. The van der Waals surface area contributed by atoms with Gasteiger partial charge in [0.1, 0.15) is 18.1 Å². The molecular weight excluding hydrogens is 446 g/mol. The third-order valence-corrected chi connectivity index (χ3v) is 4.27. The third kappa shape index (κ3) is 6.73. The number of carbonyl (C=O) groups is 3. The van der Waals surface area contributed by atoms with Crippen molar-refractivity contribution in [2.45, 2.75) is 20.1 Å². The van der Waals surface area contributed by atoms with Crippen LogP contribution in [0.2, 0.25) is 0 Å². The lowest BCUT2D eigenvalue weighted by Crippen LogP contribution is -2.37. The molecule has 1 aromatic carbocycles. The van der Waals surface area contributed by atoms with E-state index in [1.54, 1.807) is 36.4 Å². The number of furan rings is 2. The molecule has 0 aliphatic carbocycles. The highest BCUT2D eigenvalue weighted by atomic mass is 16.5. The predicted octanol–water partition coefficient (Wildman–Crippen LogP) is 2.40. The summed E-state index contributed by atoms with van der Waals surface area (Å²) in [5.74, 6) is -0.433. The zero-order valence-electron chi connectivity index (χ0n) is 18.5. The first-order chi connectivity index (χ1) is 16.5. The number of methoxy groups -OCH3 is 1. The standard InChI is InChI=1S/C23H23N3O8/c1-3-31-20-11-15(12-25-26-22(28)21(27)24-13-16-5-4-10-32-16)6-8-18(20)33-14-17-7-9-19(34-17)23(29)30-2/h4-12H,3,13-14H2,1-2H3,(H,24,27)(H,26,28)/b25-12+. The van der Waals surface area contributed by atoms with Crippen LogP contribution in [0.3, 0.4) is 0 Å². The Morgan fingerprint density at radius 3 is 2.62 bits per heavy atom. The summed E-state index contributed by atoms with van der Waals surface area (Å²) in [6.07, 6.45) is 2.83. The van der Waals surface area contributed by atoms with Gasteiger partial charge in [-0.1, -0.05) is 0 Å². The maximum Gasteiger partial charge on any atom is 0.373 e. The van der Waals surface area contributed by atoms with E-state index in [0.29, 0.717) is 35.2 Å². The van der Waals surface area contributed by atoms with Crippen LogP contribution in [-0.4, -0.2) is 37.7 Å². The van der Waals surface area contributed by atoms with Crippen molar-refractivity contribution in [3.63, 3.8) is 0 Å². The van der Waals surface area contributed by atoms with Crippen LogP contribution < -0.4 is 20.2 Å². The average Bonchev–Trinajstić information content (AvgIpc) is 3.54. The second-order valence-electron chi connectivity index (χ2n) is 6.65. The van der Waals surface area contributed by atoms with Crippen LogP contribution in [0.1, 0.15) is 34.6 Å². The molecule has 0 bridgehead atoms. The molecule has 3 rings (SSSR count). The fourth-order valence-electron chi connectivity index (χ4n) is 2.68. The van der Waals surface area contributed by atoms with E-state index in [1.165, 1.54) is 25.7 Å². The number of hydrogen-bond donors (Lipinski definition) is 2. The second kappa shape index (κ2) is 11.9. The molecular formula is C23H23N3O8. The van der Waals surface area contributed by atoms with Crippen LogP contribution in [0.25, 0.3) is 0 Å². The zero-order valence-corrected chi connectivity index (χ0v) is 18.5. The normalized spacial score (nSPS) is 10.6. The Hall–Kier alpha value is -4.54. The fourth-order valence-corrected chi connectivity index (χ4v) is 2.68. The van der Waals surface area contributed by atoms with Gasteiger partial charge in [-0.2, -0.15) is 5.10 Å². The average molecular weight is 469 g/mol. The summed E-state index contributed by atoms with van der Waals surface area (Å²) in [5, 5.41) is 6.21. The van der Waals surface area contributed by atoms with Gasteiger partial charge in [-0.05, 0) is 55.0 Å². The third-order valence-electron chi connectivity index (χ3n) is 4.27. The van der Waals surface area contributed by atoms with Crippen LogP contribution >= 0.6 is 0 Å². The summed E-state index contributed by atoms with van der Waals surface area (Å²) >= 11 is 0. The highest BCUT2D eigenvalue weighted by molar-refractivity contribution is 6.35. The lowest BCUT2D eigenvalue weighted by atomic mass is 10.2. The number of rotatable bonds is 10. The highest BCUT2D eigenvalue weighted by Gasteiger charge is 2.14. The Balaban J connectivity index is 1.55. The summed E-state index contributed by atoms with van der Waals surface area (Å²) in [4.78, 5) is 35.1. The van der Waals surface area contributed by atoms with Crippen LogP contribution in [-0.2, 0) is 27.5 Å². The maximum absolute atomic E-state index is 11.8. The van der Waals surface area contributed by atoms with Crippen LogP contribution in [0.4, 0.5) is 0 Å². The molecule has 2 heterocycles. The van der Waals surface area contributed by atoms with E-state index in [-0.39, 0.29) is 18.9 Å². The second-order valence-corrected chi connectivity index (χ2v) is 6.65. The number of hydrogen-bond acceptors (Lipinski definition) is 9. The zero-order chi connectivity index (χ0) is 24.3. The van der Waals surface area contributed by atoms with Gasteiger partial charge in [-0.25, -0.2) is 10.2 Å².